The number of hydrogen-bond acceptors (Lipinski definition) is 6. The van der Waals surface area contributed by atoms with Gasteiger partial charge in [-0.1, -0.05) is 6.07 Å². The lowest BCUT2D eigenvalue weighted by Crippen LogP contribution is -2.28. The molecule has 2 aromatic rings. The number of hydrogen-bond donors (Lipinski definition) is 1. The highest BCUT2D eigenvalue weighted by Crippen LogP contribution is 2.36. The smallest absolute Gasteiger partial charge is 0.242 e. The lowest BCUT2D eigenvalue weighted by atomic mass is 10.1. The number of carbonyl (C=O) groups is 2. The summed E-state index contributed by atoms with van der Waals surface area (Å²) >= 11 is 0. The summed E-state index contributed by atoms with van der Waals surface area (Å²) in [4.78, 5) is 27.2. The average molecular weight is 462 g/mol. The summed E-state index contributed by atoms with van der Waals surface area (Å²) in [5.74, 6) is -0.108. The Bertz CT molecular complexity index is 1150. The van der Waals surface area contributed by atoms with Crippen LogP contribution in [0.1, 0.15) is 12.0 Å². The van der Waals surface area contributed by atoms with Gasteiger partial charge in [0.1, 0.15) is 11.5 Å². The van der Waals surface area contributed by atoms with E-state index in [2.05, 4.69) is 5.32 Å². The van der Waals surface area contributed by atoms with Gasteiger partial charge in [0, 0.05) is 38.8 Å². The second kappa shape index (κ2) is 9.17. The molecule has 0 bridgehead atoms. The third-order valence-electron chi connectivity index (χ3n) is 5.42. The van der Waals surface area contributed by atoms with Crippen LogP contribution >= 0.6 is 0 Å². The number of amides is 2. The first-order valence-electron chi connectivity index (χ1n) is 9.95. The Morgan fingerprint density at radius 3 is 2.47 bits per heavy atom. The molecule has 0 spiro atoms. The lowest BCUT2D eigenvalue weighted by Gasteiger charge is -2.20. The molecule has 1 aliphatic rings. The Kier molecular flexibility index (Phi) is 6.75. The predicted molar refractivity (Wildman–Crippen MR) is 121 cm³/mol. The van der Waals surface area contributed by atoms with Crippen molar-refractivity contribution in [3.05, 3.63) is 42.0 Å². The molecular formula is C22H27N3O6S. The van der Waals surface area contributed by atoms with Gasteiger partial charge >= 0.3 is 0 Å². The molecular weight excluding hydrogens is 434 g/mol. The minimum Gasteiger partial charge on any atom is -0.497 e. The van der Waals surface area contributed by atoms with Crippen LogP contribution in [0.5, 0.6) is 11.5 Å². The fraction of sp³-hybridized carbons (Fsp3) is 0.364. The molecule has 1 N–H and O–H groups in total. The van der Waals surface area contributed by atoms with Crippen molar-refractivity contribution in [1.82, 2.24) is 4.31 Å². The molecule has 1 unspecified atom stereocenters. The molecule has 1 atom stereocenters. The zero-order valence-electron chi connectivity index (χ0n) is 18.7. The number of nitrogens with zero attached hydrogens (tertiary/aromatic N) is 2. The van der Waals surface area contributed by atoms with Gasteiger partial charge in [-0.3, -0.25) is 9.59 Å². The average Bonchev–Trinajstić information content (AvgIpc) is 3.16. The summed E-state index contributed by atoms with van der Waals surface area (Å²) in [6.07, 6.45) is 0.0287. The number of benzene rings is 2. The molecule has 1 saturated heterocycles. The normalized spacial score (nSPS) is 16.4. The number of ether oxygens (including phenoxy) is 2. The standard InChI is InChI=1S/C22H27N3O6S/c1-14-6-8-17(32(28,29)24(2)3)12-18(14)23-22(27)15-10-21(26)25(13-15)19-11-16(30-4)7-9-20(19)31-5/h6-9,11-12,15H,10,13H2,1-5H3,(H,23,27). The van der Waals surface area contributed by atoms with E-state index in [1.807, 2.05) is 0 Å². The van der Waals surface area contributed by atoms with Crippen LogP contribution in [0.2, 0.25) is 0 Å². The molecule has 3 rings (SSSR count). The Hall–Kier alpha value is -3.11. The number of nitrogens with one attached hydrogen (secondary N) is 1. The van der Waals surface area contributed by atoms with Crippen molar-refractivity contribution in [3.8, 4) is 11.5 Å². The number of aryl methyl sites for hydroxylation is 1. The Balaban J connectivity index is 1.82. The zero-order valence-corrected chi connectivity index (χ0v) is 19.5. The van der Waals surface area contributed by atoms with Crippen molar-refractivity contribution >= 4 is 33.2 Å². The summed E-state index contributed by atoms with van der Waals surface area (Å²) in [5, 5.41) is 2.79. The van der Waals surface area contributed by atoms with E-state index in [-0.39, 0.29) is 29.7 Å². The number of methoxy groups -OCH3 is 2. The summed E-state index contributed by atoms with van der Waals surface area (Å²) in [6.45, 7) is 1.94. The van der Waals surface area contributed by atoms with E-state index >= 15 is 0 Å². The van der Waals surface area contributed by atoms with Crippen LogP contribution in [-0.4, -0.2) is 59.4 Å². The molecule has 9 nitrogen and oxygen atoms in total. The first kappa shape index (κ1) is 23.6. The maximum absolute atomic E-state index is 13.0. The van der Waals surface area contributed by atoms with Gasteiger partial charge in [0.05, 0.1) is 30.7 Å². The zero-order chi connectivity index (χ0) is 23.6. The number of carbonyl (C=O) groups excluding carboxylic acids is 2. The van der Waals surface area contributed by atoms with E-state index < -0.39 is 15.9 Å². The molecule has 2 amide bonds. The molecule has 1 aliphatic heterocycles. The van der Waals surface area contributed by atoms with Gasteiger partial charge in [0.15, 0.2) is 0 Å². The molecule has 32 heavy (non-hydrogen) atoms. The summed E-state index contributed by atoms with van der Waals surface area (Å²) in [7, 11) is 2.28. The quantitative estimate of drug-likeness (QED) is 0.678. The first-order valence-corrected chi connectivity index (χ1v) is 11.4. The van der Waals surface area contributed by atoms with Gasteiger partial charge in [-0.25, -0.2) is 12.7 Å². The molecule has 10 heteroatoms. The van der Waals surface area contributed by atoms with E-state index in [9.17, 15) is 18.0 Å². The third-order valence-corrected chi connectivity index (χ3v) is 7.23. The van der Waals surface area contributed by atoms with Gasteiger partial charge in [0.25, 0.3) is 0 Å². The Morgan fingerprint density at radius 1 is 1.12 bits per heavy atom. The molecule has 2 aromatic carbocycles. The van der Waals surface area contributed by atoms with Crippen LogP contribution in [0.25, 0.3) is 0 Å². The molecule has 0 saturated carbocycles. The number of rotatable bonds is 7. The van der Waals surface area contributed by atoms with Crippen molar-refractivity contribution in [1.29, 1.82) is 0 Å². The van der Waals surface area contributed by atoms with Gasteiger partial charge < -0.3 is 19.7 Å². The van der Waals surface area contributed by atoms with E-state index in [0.717, 1.165) is 4.31 Å². The second-order valence-electron chi connectivity index (χ2n) is 7.70. The minimum atomic E-state index is -3.64. The van der Waals surface area contributed by atoms with Crippen LogP contribution in [0.15, 0.2) is 41.3 Å². The van der Waals surface area contributed by atoms with Gasteiger partial charge in [-0.05, 0) is 36.8 Å². The monoisotopic (exact) mass is 461 g/mol. The number of anilines is 2. The van der Waals surface area contributed by atoms with E-state index in [4.69, 9.17) is 9.47 Å². The van der Waals surface area contributed by atoms with Crippen molar-refractivity contribution in [2.24, 2.45) is 5.92 Å². The summed E-state index contributed by atoms with van der Waals surface area (Å²) in [5.41, 5.74) is 1.64. The van der Waals surface area contributed by atoms with Crippen LogP contribution in [0, 0.1) is 12.8 Å². The molecule has 0 radical (unpaired) electrons. The van der Waals surface area contributed by atoms with Crippen molar-refractivity contribution in [2.75, 3.05) is 45.1 Å². The fourth-order valence-electron chi connectivity index (χ4n) is 3.47. The topological polar surface area (TPSA) is 105 Å². The maximum Gasteiger partial charge on any atom is 0.242 e. The largest absolute Gasteiger partial charge is 0.497 e. The molecule has 0 aromatic heterocycles. The van der Waals surface area contributed by atoms with Crippen LogP contribution in [0.4, 0.5) is 11.4 Å². The first-order chi connectivity index (χ1) is 15.1. The van der Waals surface area contributed by atoms with Gasteiger partial charge in [-0.2, -0.15) is 0 Å². The second-order valence-corrected chi connectivity index (χ2v) is 9.85. The van der Waals surface area contributed by atoms with Crippen molar-refractivity contribution < 1.29 is 27.5 Å². The maximum atomic E-state index is 13.0. The fourth-order valence-corrected chi connectivity index (χ4v) is 4.39. The lowest BCUT2D eigenvalue weighted by molar-refractivity contribution is -0.122. The number of sulfonamides is 1. The van der Waals surface area contributed by atoms with Crippen LogP contribution in [0.3, 0.4) is 0 Å². The highest BCUT2D eigenvalue weighted by atomic mass is 32.2. The third kappa shape index (κ3) is 4.56. The molecule has 1 fully saturated rings. The highest BCUT2D eigenvalue weighted by Gasteiger charge is 2.36. The predicted octanol–water partition coefficient (Wildman–Crippen LogP) is 2.25. The molecule has 172 valence electrons. The van der Waals surface area contributed by atoms with Gasteiger partial charge in [0.2, 0.25) is 21.8 Å². The summed E-state index contributed by atoms with van der Waals surface area (Å²) < 4.78 is 36.6. The van der Waals surface area contributed by atoms with Crippen molar-refractivity contribution in [3.63, 3.8) is 0 Å². The van der Waals surface area contributed by atoms with E-state index in [1.165, 1.54) is 45.3 Å². The Labute approximate surface area is 188 Å². The Morgan fingerprint density at radius 2 is 1.84 bits per heavy atom. The van der Waals surface area contributed by atoms with Crippen LogP contribution < -0.4 is 19.7 Å². The molecule has 1 heterocycles. The molecule has 0 aliphatic carbocycles. The highest BCUT2D eigenvalue weighted by molar-refractivity contribution is 7.89. The van der Waals surface area contributed by atoms with Crippen LogP contribution in [-0.2, 0) is 19.6 Å². The van der Waals surface area contributed by atoms with E-state index in [0.29, 0.717) is 28.4 Å². The van der Waals surface area contributed by atoms with Gasteiger partial charge in [-0.15, -0.1) is 0 Å². The summed E-state index contributed by atoms with van der Waals surface area (Å²) in [6, 6.07) is 9.69. The van der Waals surface area contributed by atoms with E-state index in [1.54, 1.807) is 31.2 Å². The minimum absolute atomic E-state index is 0.0287. The SMILES string of the molecule is COc1ccc(OC)c(N2CC(C(=O)Nc3cc(S(=O)(=O)N(C)C)ccc3C)CC2=O)c1. The van der Waals surface area contributed by atoms with Crippen molar-refractivity contribution in [2.45, 2.75) is 18.2 Å².